The van der Waals surface area contributed by atoms with Crippen molar-refractivity contribution in [3.05, 3.63) is 34.9 Å². The Labute approximate surface area is 101 Å². The summed E-state index contributed by atoms with van der Waals surface area (Å²) < 4.78 is 27.5. The van der Waals surface area contributed by atoms with Gasteiger partial charge in [0, 0.05) is 12.1 Å². The third-order valence-electron chi connectivity index (χ3n) is 3.59. The minimum Gasteiger partial charge on any atom is -0.312 e. The van der Waals surface area contributed by atoms with E-state index in [0.717, 1.165) is 12.8 Å². The minimum absolute atomic E-state index is 0.122. The molecule has 0 bridgehead atoms. The Morgan fingerprint density at radius 1 is 1.06 bits per heavy atom. The Morgan fingerprint density at radius 3 is 2.24 bits per heavy atom. The molecule has 2 atom stereocenters. The molecule has 3 heteroatoms. The molecular weight excluding hydrogens is 220 g/mol. The molecule has 1 aliphatic rings. The zero-order chi connectivity index (χ0) is 12.6. The van der Waals surface area contributed by atoms with Crippen molar-refractivity contribution in [3.8, 4) is 0 Å². The highest BCUT2D eigenvalue weighted by Crippen LogP contribution is 2.33. The highest BCUT2D eigenvalue weighted by Gasteiger charge is 2.27. The Balaban J connectivity index is 2.31. The van der Waals surface area contributed by atoms with E-state index in [-0.39, 0.29) is 5.92 Å². The first kappa shape index (κ1) is 12.5. The molecule has 2 unspecified atom stereocenters. The van der Waals surface area contributed by atoms with Crippen molar-refractivity contribution in [1.82, 2.24) is 5.32 Å². The maximum atomic E-state index is 13.9. The average molecular weight is 239 g/mol. The van der Waals surface area contributed by atoms with E-state index in [9.17, 15) is 8.78 Å². The van der Waals surface area contributed by atoms with Gasteiger partial charge in [-0.15, -0.1) is 0 Å². The largest absolute Gasteiger partial charge is 0.312 e. The zero-order valence-corrected chi connectivity index (χ0v) is 10.6. The summed E-state index contributed by atoms with van der Waals surface area (Å²) in [5, 5.41) is 3.41. The maximum Gasteiger partial charge on any atom is 0.162 e. The molecule has 0 amide bonds. The van der Waals surface area contributed by atoms with Gasteiger partial charge < -0.3 is 5.32 Å². The van der Waals surface area contributed by atoms with Gasteiger partial charge in [-0.25, -0.2) is 8.78 Å². The molecule has 1 fully saturated rings. The predicted molar refractivity (Wildman–Crippen MR) is 65.1 cm³/mol. The number of nitrogens with one attached hydrogen (secondary N) is 1. The van der Waals surface area contributed by atoms with Crippen LogP contribution in [0.3, 0.4) is 0 Å². The quantitative estimate of drug-likeness (QED) is 0.790. The number of hydrogen-bond donors (Lipinski definition) is 1. The lowest BCUT2D eigenvalue weighted by atomic mass is 9.83. The van der Waals surface area contributed by atoms with Crippen LogP contribution in [0.2, 0.25) is 0 Å². The van der Waals surface area contributed by atoms with Crippen molar-refractivity contribution in [2.45, 2.75) is 51.6 Å². The number of hydrogen-bond acceptors (Lipinski definition) is 1. The van der Waals surface area contributed by atoms with Crippen LogP contribution in [0.1, 0.15) is 43.7 Å². The van der Waals surface area contributed by atoms with Gasteiger partial charge in [0.2, 0.25) is 0 Å². The number of piperidine rings is 1. The zero-order valence-electron chi connectivity index (χ0n) is 10.6. The molecule has 1 aliphatic heterocycles. The van der Waals surface area contributed by atoms with Crippen molar-refractivity contribution < 1.29 is 8.78 Å². The van der Waals surface area contributed by atoms with Crippen LogP contribution in [0.25, 0.3) is 0 Å². The summed E-state index contributed by atoms with van der Waals surface area (Å²) in [6, 6.07) is 4.12. The standard InChI is InChI=1S/C14H19F2N/c1-8-4-5-12(14(16)13(8)15)11-6-9(2)17-10(3)7-11/h4-5,9-11,17H,6-7H2,1-3H3. The molecule has 1 aromatic rings. The summed E-state index contributed by atoms with van der Waals surface area (Å²) in [6.45, 7) is 5.77. The molecule has 0 spiro atoms. The van der Waals surface area contributed by atoms with E-state index in [4.69, 9.17) is 0 Å². The third-order valence-corrected chi connectivity index (χ3v) is 3.59. The first-order valence-corrected chi connectivity index (χ1v) is 6.19. The Morgan fingerprint density at radius 2 is 1.65 bits per heavy atom. The molecule has 1 N–H and O–H groups in total. The third kappa shape index (κ3) is 2.49. The molecule has 0 radical (unpaired) electrons. The minimum atomic E-state index is -0.693. The average Bonchev–Trinajstić information content (AvgIpc) is 2.24. The summed E-state index contributed by atoms with van der Waals surface area (Å²) in [4.78, 5) is 0. The second kappa shape index (κ2) is 4.73. The fraction of sp³-hybridized carbons (Fsp3) is 0.571. The van der Waals surface area contributed by atoms with E-state index in [1.807, 2.05) is 0 Å². The van der Waals surface area contributed by atoms with Gasteiger partial charge in [-0.2, -0.15) is 0 Å². The van der Waals surface area contributed by atoms with Gasteiger partial charge >= 0.3 is 0 Å². The molecule has 0 aliphatic carbocycles. The topological polar surface area (TPSA) is 12.0 Å². The van der Waals surface area contributed by atoms with Crippen LogP contribution in [0.15, 0.2) is 12.1 Å². The predicted octanol–water partition coefficient (Wildman–Crippen LogP) is 3.52. The lowest BCUT2D eigenvalue weighted by Crippen LogP contribution is -2.41. The normalized spacial score (nSPS) is 29.4. The van der Waals surface area contributed by atoms with Crippen LogP contribution in [-0.4, -0.2) is 12.1 Å². The van der Waals surface area contributed by atoms with Crippen LogP contribution in [0.4, 0.5) is 8.78 Å². The van der Waals surface area contributed by atoms with E-state index in [1.165, 1.54) is 0 Å². The SMILES string of the molecule is Cc1ccc(C2CC(C)NC(C)C2)c(F)c1F. The number of aryl methyl sites for hydroxylation is 1. The smallest absolute Gasteiger partial charge is 0.162 e. The second-order valence-electron chi connectivity index (χ2n) is 5.24. The molecule has 1 aromatic carbocycles. The lowest BCUT2D eigenvalue weighted by Gasteiger charge is -2.33. The summed E-state index contributed by atoms with van der Waals surface area (Å²) >= 11 is 0. The van der Waals surface area contributed by atoms with E-state index in [0.29, 0.717) is 23.2 Å². The molecule has 0 aromatic heterocycles. The molecule has 94 valence electrons. The molecule has 1 nitrogen and oxygen atoms in total. The number of rotatable bonds is 1. The second-order valence-corrected chi connectivity index (χ2v) is 5.24. The maximum absolute atomic E-state index is 13.9. The van der Waals surface area contributed by atoms with Crippen molar-refractivity contribution in [3.63, 3.8) is 0 Å². The van der Waals surface area contributed by atoms with Crippen LogP contribution in [0.5, 0.6) is 0 Å². The molecular formula is C14H19F2N. The van der Waals surface area contributed by atoms with Crippen molar-refractivity contribution in [2.75, 3.05) is 0 Å². The first-order chi connectivity index (χ1) is 7.99. The Kier molecular flexibility index (Phi) is 3.48. The summed E-state index contributed by atoms with van der Waals surface area (Å²) in [5.74, 6) is -1.23. The van der Waals surface area contributed by atoms with Gasteiger partial charge in [0.1, 0.15) is 0 Å². The van der Waals surface area contributed by atoms with Crippen molar-refractivity contribution >= 4 is 0 Å². The van der Waals surface area contributed by atoms with Crippen molar-refractivity contribution in [2.24, 2.45) is 0 Å². The lowest BCUT2D eigenvalue weighted by molar-refractivity contribution is 0.310. The van der Waals surface area contributed by atoms with Crippen LogP contribution >= 0.6 is 0 Å². The van der Waals surface area contributed by atoms with Crippen molar-refractivity contribution in [1.29, 1.82) is 0 Å². The fourth-order valence-corrected chi connectivity index (χ4v) is 2.80. The number of benzene rings is 1. The summed E-state index contributed by atoms with van der Waals surface area (Å²) in [6.07, 6.45) is 1.73. The molecule has 17 heavy (non-hydrogen) atoms. The van der Waals surface area contributed by atoms with E-state index in [1.54, 1.807) is 19.1 Å². The molecule has 1 heterocycles. The number of halogens is 2. The molecule has 2 rings (SSSR count). The highest BCUT2D eigenvalue weighted by molar-refractivity contribution is 5.29. The van der Waals surface area contributed by atoms with Gasteiger partial charge in [-0.1, -0.05) is 12.1 Å². The molecule has 1 saturated heterocycles. The van der Waals surface area contributed by atoms with Crippen LogP contribution in [0, 0.1) is 18.6 Å². The molecule has 0 saturated carbocycles. The Hall–Kier alpha value is -0.960. The van der Waals surface area contributed by atoms with Crippen LogP contribution < -0.4 is 5.32 Å². The van der Waals surface area contributed by atoms with Crippen LogP contribution in [-0.2, 0) is 0 Å². The summed E-state index contributed by atoms with van der Waals surface area (Å²) in [7, 11) is 0. The van der Waals surface area contributed by atoms with Gasteiger partial charge in [0.05, 0.1) is 0 Å². The van der Waals surface area contributed by atoms with E-state index in [2.05, 4.69) is 19.2 Å². The first-order valence-electron chi connectivity index (χ1n) is 6.19. The Bertz CT molecular complexity index is 407. The van der Waals surface area contributed by atoms with Gasteiger partial charge in [0.25, 0.3) is 0 Å². The van der Waals surface area contributed by atoms with Gasteiger partial charge in [-0.05, 0) is 50.7 Å². The highest BCUT2D eigenvalue weighted by atomic mass is 19.2. The van der Waals surface area contributed by atoms with E-state index >= 15 is 0 Å². The van der Waals surface area contributed by atoms with Gasteiger partial charge in [-0.3, -0.25) is 0 Å². The monoisotopic (exact) mass is 239 g/mol. The van der Waals surface area contributed by atoms with E-state index < -0.39 is 11.6 Å². The van der Waals surface area contributed by atoms with Gasteiger partial charge in [0.15, 0.2) is 11.6 Å². The fourth-order valence-electron chi connectivity index (χ4n) is 2.80. The summed E-state index contributed by atoms with van der Waals surface area (Å²) in [5.41, 5.74) is 0.912.